The number of halogens is 5. The predicted octanol–water partition coefficient (Wildman–Crippen LogP) is 8.67. The molecule has 0 radical (unpaired) electrons. The molecule has 2 bridgehead atoms. The number of hydrogen-bond donors (Lipinski definition) is 2. The van der Waals surface area contributed by atoms with Crippen LogP contribution in [0.4, 0.5) is 44.2 Å². The highest BCUT2D eigenvalue weighted by Gasteiger charge is 2.55. The van der Waals surface area contributed by atoms with Crippen molar-refractivity contribution < 1.29 is 60.7 Å². The van der Waals surface area contributed by atoms with Gasteiger partial charge in [0.25, 0.3) is 0 Å². The fourth-order valence-corrected chi connectivity index (χ4v) is 10.6. The minimum absolute atomic E-state index is 0.00484. The minimum Gasteiger partial charge on any atom is -0.497 e. The lowest BCUT2D eigenvalue weighted by Crippen LogP contribution is -2.65. The Morgan fingerprint density at radius 3 is 2.09 bits per heavy atom. The molecule has 0 saturated carbocycles. The molecule has 4 aliphatic rings. The topological polar surface area (TPSA) is 163 Å². The van der Waals surface area contributed by atoms with Gasteiger partial charge in [-0.25, -0.2) is 23.5 Å². The lowest BCUT2D eigenvalue weighted by Gasteiger charge is -2.51. The monoisotopic (exact) mass is 975 g/mol. The first kappa shape index (κ1) is 48.3. The van der Waals surface area contributed by atoms with E-state index in [-0.39, 0.29) is 61.3 Å². The Morgan fingerprint density at radius 2 is 1.56 bits per heavy atom. The molecular formula is C50H54F5N7O8. The molecule has 1 unspecified atom stereocenters. The van der Waals surface area contributed by atoms with Crippen molar-refractivity contribution in [2.24, 2.45) is 0 Å². The number of nitrogens with zero attached hydrogens (tertiary/aromatic N) is 7. The maximum Gasteiger partial charge on any atom is 0.417 e. The Balaban J connectivity index is 1.26. The maximum absolute atomic E-state index is 18.1. The standard InChI is InChI=1S/C50H54F5N7O8/c1-26-38(50(53,54)55)33(20-35(39(26)51)59(22-28-8-13-31(67-6)14-9-28)23-29-10-15-32(68-7)16-11-29)41-40(52)42-37-44(58-46(57-42)61-19-18-49(61,25-63)21-36(64)65)60-24-30-12-17-34(43(60)27(2)69-45(37)56-41)62(30)47(66)70-48(3,4)5/h8-11,13-16,20,27,30,34,43,63H,12,17-19,21-25H2,1-7H3,(H,64,65)/t27-,30+,34-,43+,49?/m0/s1. The van der Waals surface area contributed by atoms with Crippen LogP contribution in [0.5, 0.6) is 17.4 Å². The molecule has 70 heavy (non-hydrogen) atoms. The average molecular weight is 976 g/mol. The zero-order chi connectivity index (χ0) is 50.2. The van der Waals surface area contributed by atoms with E-state index in [0.29, 0.717) is 35.5 Å². The van der Waals surface area contributed by atoms with Crippen LogP contribution in [0.3, 0.4) is 0 Å². The Labute approximate surface area is 400 Å². The number of benzene rings is 3. The summed E-state index contributed by atoms with van der Waals surface area (Å²) in [6.45, 7) is 7.68. The average Bonchev–Trinajstić information content (AvgIpc) is 3.55. The van der Waals surface area contributed by atoms with E-state index < -0.39 is 106 Å². The van der Waals surface area contributed by atoms with Gasteiger partial charge in [0.1, 0.15) is 51.4 Å². The van der Waals surface area contributed by atoms with Gasteiger partial charge in [-0.1, -0.05) is 24.3 Å². The van der Waals surface area contributed by atoms with Gasteiger partial charge in [0.05, 0.1) is 62.2 Å². The summed E-state index contributed by atoms with van der Waals surface area (Å²) in [5, 5.41) is 20.5. The number of aromatic nitrogens is 3. The SMILES string of the molecule is COc1ccc(CN(Cc2ccc(OC)cc2)c2cc(-c3nc4c5c(nc(N6CCC6(CO)CC(=O)O)nc5c3F)N3C[C@H]5CC[C@@H]([C@H]3[C@H](C)O4)N5C(=O)OC(C)(C)C)c(C(F)(F)F)c(C)c2F)cc1. The summed E-state index contributed by atoms with van der Waals surface area (Å²) in [5.74, 6) is -2.99. The quantitative estimate of drug-likeness (QED) is 0.114. The summed E-state index contributed by atoms with van der Waals surface area (Å²) < 4.78 is 105. The molecule has 3 aromatic carbocycles. The second-order valence-electron chi connectivity index (χ2n) is 19.5. The zero-order valence-corrected chi connectivity index (χ0v) is 39.7. The number of carboxylic acid groups (broad SMARTS) is 1. The summed E-state index contributed by atoms with van der Waals surface area (Å²) in [4.78, 5) is 46.7. The predicted molar refractivity (Wildman–Crippen MR) is 248 cm³/mol. The summed E-state index contributed by atoms with van der Waals surface area (Å²) in [6, 6.07) is 13.1. The van der Waals surface area contributed by atoms with Crippen molar-refractivity contribution in [2.45, 2.75) is 115 Å². The molecule has 4 aliphatic heterocycles. The molecule has 1 amide bonds. The number of aliphatic hydroxyl groups excluding tert-OH is 1. The summed E-state index contributed by atoms with van der Waals surface area (Å²) >= 11 is 0. The second-order valence-corrected chi connectivity index (χ2v) is 19.5. The minimum atomic E-state index is -5.23. The fourth-order valence-electron chi connectivity index (χ4n) is 10.6. The molecule has 0 spiro atoms. The summed E-state index contributed by atoms with van der Waals surface area (Å²) in [7, 11) is 3.01. The number of rotatable bonds is 12. The Kier molecular flexibility index (Phi) is 12.4. The van der Waals surface area contributed by atoms with Crippen molar-refractivity contribution >= 4 is 40.4 Å². The molecule has 3 saturated heterocycles. The molecule has 0 aliphatic carbocycles. The number of hydrogen-bond acceptors (Lipinski definition) is 13. The third kappa shape index (κ3) is 8.57. The van der Waals surface area contributed by atoms with Gasteiger partial charge in [-0.05, 0) is 101 Å². The van der Waals surface area contributed by atoms with Crippen molar-refractivity contribution in [1.82, 2.24) is 19.9 Å². The van der Waals surface area contributed by atoms with Gasteiger partial charge in [-0.15, -0.1) is 0 Å². The first-order valence-corrected chi connectivity index (χ1v) is 23.0. The van der Waals surface area contributed by atoms with E-state index >= 15 is 22.0 Å². The number of amides is 1. The van der Waals surface area contributed by atoms with Gasteiger partial charge in [0.15, 0.2) is 5.82 Å². The number of alkyl halides is 3. The number of anilines is 3. The van der Waals surface area contributed by atoms with E-state index in [1.807, 2.05) is 4.90 Å². The van der Waals surface area contributed by atoms with Crippen molar-refractivity contribution in [3.8, 4) is 28.6 Å². The number of piperazine rings is 1. The molecule has 5 atom stereocenters. The largest absolute Gasteiger partial charge is 0.497 e. The lowest BCUT2D eigenvalue weighted by atomic mass is 9.82. The molecular weight excluding hydrogens is 922 g/mol. The van der Waals surface area contributed by atoms with Crippen LogP contribution in [0.1, 0.15) is 75.6 Å². The number of aliphatic hydroxyl groups is 1. The van der Waals surface area contributed by atoms with Gasteiger partial charge in [-0.2, -0.15) is 18.2 Å². The highest BCUT2D eigenvalue weighted by molar-refractivity contribution is 5.98. The smallest absolute Gasteiger partial charge is 0.417 e. The van der Waals surface area contributed by atoms with Crippen molar-refractivity contribution in [3.05, 3.63) is 88.5 Å². The number of ether oxygens (including phenoxy) is 4. The number of methoxy groups -OCH3 is 2. The third-order valence-electron chi connectivity index (χ3n) is 13.9. The number of fused-ring (bicyclic) bond motifs is 5. The highest BCUT2D eigenvalue weighted by Crippen LogP contribution is 2.50. The summed E-state index contributed by atoms with van der Waals surface area (Å²) in [5.41, 5.74) is -5.56. The van der Waals surface area contributed by atoms with E-state index in [9.17, 15) is 19.8 Å². The van der Waals surface area contributed by atoms with Gasteiger partial charge in [-0.3, -0.25) is 9.69 Å². The van der Waals surface area contributed by atoms with Crippen molar-refractivity contribution in [2.75, 3.05) is 48.6 Å². The lowest BCUT2D eigenvalue weighted by molar-refractivity contribution is -0.140. The maximum atomic E-state index is 18.1. The van der Waals surface area contributed by atoms with Gasteiger partial charge < -0.3 is 43.9 Å². The summed E-state index contributed by atoms with van der Waals surface area (Å²) in [6.07, 6.45) is -5.81. The van der Waals surface area contributed by atoms with Crippen LogP contribution >= 0.6 is 0 Å². The van der Waals surface area contributed by atoms with Crippen LogP contribution < -0.4 is 28.9 Å². The van der Waals surface area contributed by atoms with E-state index in [0.717, 1.165) is 13.0 Å². The van der Waals surface area contributed by atoms with Gasteiger partial charge in [0, 0.05) is 31.7 Å². The van der Waals surface area contributed by atoms with Crippen LogP contribution in [0.2, 0.25) is 0 Å². The molecule has 9 rings (SSSR count). The third-order valence-corrected chi connectivity index (χ3v) is 13.9. The molecule has 2 N–H and O–H groups in total. The molecule has 15 nitrogen and oxygen atoms in total. The Bertz CT molecular complexity index is 2790. The van der Waals surface area contributed by atoms with E-state index in [2.05, 4.69) is 9.97 Å². The van der Waals surface area contributed by atoms with Crippen LogP contribution in [0, 0.1) is 18.6 Å². The first-order valence-electron chi connectivity index (χ1n) is 23.0. The van der Waals surface area contributed by atoms with Crippen LogP contribution in [0.25, 0.3) is 22.2 Å². The molecule has 20 heteroatoms. The number of carboxylic acids is 1. The molecule has 3 fully saturated rings. The van der Waals surface area contributed by atoms with Crippen molar-refractivity contribution in [1.29, 1.82) is 0 Å². The van der Waals surface area contributed by atoms with E-state index in [1.165, 1.54) is 19.1 Å². The van der Waals surface area contributed by atoms with Crippen molar-refractivity contribution in [3.63, 3.8) is 0 Å². The zero-order valence-electron chi connectivity index (χ0n) is 39.7. The number of carbonyl (C=O) groups excluding carboxylic acids is 1. The molecule has 372 valence electrons. The fraction of sp³-hybridized carbons (Fsp3) is 0.460. The van der Waals surface area contributed by atoms with Gasteiger partial charge >= 0.3 is 18.2 Å². The molecule has 2 aromatic heterocycles. The molecule has 6 heterocycles. The molecule has 5 aromatic rings. The number of pyridine rings is 1. The second kappa shape index (κ2) is 17.9. The number of aliphatic carboxylic acids is 1. The highest BCUT2D eigenvalue weighted by atomic mass is 19.4. The van der Waals surface area contributed by atoms with E-state index in [4.69, 9.17) is 23.9 Å². The van der Waals surface area contributed by atoms with E-state index in [1.54, 1.807) is 86.0 Å². The Morgan fingerprint density at radius 1 is 0.929 bits per heavy atom. The normalized spacial score (nSPS) is 21.7. The van der Waals surface area contributed by atoms with Gasteiger partial charge in [0.2, 0.25) is 11.8 Å². The van der Waals surface area contributed by atoms with Crippen LogP contribution in [0.15, 0.2) is 54.6 Å². The van der Waals surface area contributed by atoms with Crippen LogP contribution in [-0.4, -0.2) is 111 Å². The first-order chi connectivity index (χ1) is 33.1. The number of carbonyl (C=O) groups is 2. The Hall–Kier alpha value is -6.70. The van der Waals surface area contributed by atoms with Crippen LogP contribution in [-0.2, 0) is 28.8 Å².